The van der Waals surface area contributed by atoms with E-state index in [2.05, 4.69) is 0 Å². The van der Waals surface area contributed by atoms with E-state index < -0.39 is 0 Å². The highest BCUT2D eigenvalue weighted by molar-refractivity contribution is 5.02. The van der Waals surface area contributed by atoms with Gasteiger partial charge in [0.2, 0.25) is 0 Å². The normalized spacial score (nSPS) is 60.3. The van der Waals surface area contributed by atoms with Crippen LogP contribution in [-0.2, 0) is 14.2 Å². The van der Waals surface area contributed by atoms with Gasteiger partial charge in [0.15, 0.2) is 0 Å². The van der Waals surface area contributed by atoms with Crippen LogP contribution in [0.5, 0.6) is 0 Å². The second-order valence-electron chi connectivity index (χ2n) is 16.3. The quantitative estimate of drug-likeness (QED) is 0.341. The van der Waals surface area contributed by atoms with Crippen molar-refractivity contribution in [3.05, 3.63) is 0 Å². The van der Waals surface area contributed by atoms with E-state index in [0.29, 0.717) is 30.5 Å². The molecule has 3 heteroatoms. The van der Waals surface area contributed by atoms with Crippen LogP contribution in [0.4, 0.5) is 0 Å². The van der Waals surface area contributed by atoms with Crippen molar-refractivity contribution in [2.45, 2.75) is 140 Å². The highest BCUT2D eigenvalue weighted by Gasteiger charge is 2.53. The van der Waals surface area contributed by atoms with E-state index in [9.17, 15) is 0 Å². The van der Waals surface area contributed by atoms with Crippen LogP contribution in [0.25, 0.3) is 0 Å². The summed E-state index contributed by atoms with van der Waals surface area (Å²) >= 11 is 0. The lowest BCUT2D eigenvalue weighted by Gasteiger charge is -2.49. The third kappa shape index (κ3) is 4.30. The fraction of sp³-hybridized carbons (Fsp3) is 1.00. The zero-order valence-electron chi connectivity index (χ0n) is 23.2. The molecule has 0 aromatic rings. The Labute approximate surface area is 225 Å². The highest BCUT2D eigenvalue weighted by Crippen LogP contribution is 2.58. The van der Waals surface area contributed by atoms with Crippen molar-refractivity contribution in [2.75, 3.05) is 6.61 Å². The Bertz CT molecular complexity index is 682. The van der Waals surface area contributed by atoms with Crippen molar-refractivity contribution >= 4 is 0 Å². The van der Waals surface area contributed by atoms with Gasteiger partial charge in [-0.15, -0.1) is 0 Å². The van der Waals surface area contributed by atoms with Crippen molar-refractivity contribution in [2.24, 2.45) is 65.1 Å². The summed E-state index contributed by atoms with van der Waals surface area (Å²) in [7, 11) is 0. The molecule has 5 saturated heterocycles. The molecule has 37 heavy (non-hydrogen) atoms. The van der Waals surface area contributed by atoms with E-state index in [1.165, 1.54) is 101 Å². The van der Waals surface area contributed by atoms with Gasteiger partial charge in [-0.2, -0.15) is 0 Å². The van der Waals surface area contributed by atoms with E-state index in [1.54, 1.807) is 32.1 Å². The first kappa shape index (κ1) is 23.6. The summed E-state index contributed by atoms with van der Waals surface area (Å²) in [6.45, 7) is 1.10. The van der Waals surface area contributed by atoms with Crippen LogP contribution >= 0.6 is 0 Å². The average Bonchev–Trinajstić information content (AvgIpc) is 3.73. The molecule has 3 nitrogen and oxygen atoms in total. The standard InChI is InChI=1S/C9H14O.C9H14.2C8H12O/c1-6-2-8-4-7(1)5-9(3-6)10-8;1-6-2-8-4-7(1)5-9(8)3-6;1-5-2-8-4-6(5)3-7(1)9-8;1-2-6-7-4-9-8(6)3-5(1)7/h6-9H,1-5H2;6-9H,1-5H2;2*5-8H,1-4H2. The second-order valence-corrected chi connectivity index (χ2v) is 16.3. The lowest BCUT2D eigenvalue weighted by Crippen LogP contribution is -2.45. The maximum absolute atomic E-state index is 5.82. The summed E-state index contributed by atoms with van der Waals surface area (Å²) in [5, 5.41) is 0. The molecular weight excluding hydrogens is 456 g/mol. The molecule has 10 aliphatic carbocycles. The van der Waals surface area contributed by atoms with Crippen molar-refractivity contribution in [3.63, 3.8) is 0 Å². The van der Waals surface area contributed by atoms with Gasteiger partial charge in [0.05, 0.1) is 37.1 Å². The third-order valence-electron chi connectivity index (χ3n) is 14.2. The van der Waals surface area contributed by atoms with Crippen molar-refractivity contribution in [3.8, 4) is 0 Å². The van der Waals surface area contributed by atoms with Gasteiger partial charge in [0.25, 0.3) is 0 Å². The van der Waals surface area contributed by atoms with Crippen LogP contribution in [-0.4, -0.2) is 37.1 Å². The van der Waals surface area contributed by atoms with Crippen molar-refractivity contribution < 1.29 is 14.2 Å². The van der Waals surface area contributed by atoms with Gasteiger partial charge in [-0.25, -0.2) is 0 Å². The van der Waals surface area contributed by atoms with Gasteiger partial charge in [0, 0.05) is 0 Å². The van der Waals surface area contributed by atoms with Crippen LogP contribution in [0.15, 0.2) is 0 Å². The molecule has 0 N–H and O–H groups in total. The van der Waals surface area contributed by atoms with Gasteiger partial charge in [-0.05, 0) is 174 Å². The SMILES string of the molecule is C1C2CC3CC(CC13)O2.C1C2CC3CC1CC(C2)O3.C1C2CC3CC1CC3C2.C1CC2C3CC1C2CO3. The largest absolute Gasteiger partial charge is 0.378 e. The molecule has 15 fully saturated rings. The molecule has 15 rings (SSSR count). The maximum atomic E-state index is 5.82. The fourth-order valence-corrected chi connectivity index (χ4v) is 13.0. The molecule has 4 unspecified atom stereocenters. The molecule has 10 saturated carbocycles. The average molecular weight is 509 g/mol. The van der Waals surface area contributed by atoms with E-state index in [1.807, 2.05) is 0 Å². The van der Waals surface area contributed by atoms with Gasteiger partial charge >= 0.3 is 0 Å². The molecule has 5 aliphatic heterocycles. The van der Waals surface area contributed by atoms with Crippen LogP contribution < -0.4 is 0 Å². The summed E-state index contributed by atoms with van der Waals surface area (Å²) in [5.74, 6) is 12.1. The van der Waals surface area contributed by atoms with Gasteiger partial charge in [0.1, 0.15) is 0 Å². The molecular formula is C34H52O3. The molecule has 0 aromatic heterocycles. The predicted octanol–water partition coefficient (Wildman–Crippen LogP) is 7.41. The van der Waals surface area contributed by atoms with E-state index in [4.69, 9.17) is 14.2 Å². The molecule has 5 heterocycles. The maximum Gasteiger partial charge on any atom is 0.0609 e. The Balaban J connectivity index is 0.0000000730. The minimum absolute atomic E-state index is 0.677. The Hall–Kier alpha value is -0.120. The predicted molar refractivity (Wildman–Crippen MR) is 144 cm³/mol. The van der Waals surface area contributed by atoms with Crippen LogP contribution in [0, 0.1) is 65.1 Å². The van der Waals surface area contributed by atoms with Gasteiger partial charge in [-0.1, -0.05) is 0 Å². The fourth-order valence-electron chi connectivity index (χ4n) is 13.0. The highest BCUT2D eigenvalue weighted by atomic mass is 16.5. The van der Waals surface area contributed by atoms with Gasteiger partial charge in [-0.3, -0.25) is 0 Å². The second kappa shape index (κ2) is 9.20. The number of rotatable bonds is 0. The zero-order valence-corrected chi connectivity index (χ0v) is 23.2. The topological polar surface area (TPSA) is 27.7 Å². The lowest BCUT2D eigenvalue weighted by atomic mass is 9.67. The lowest BCUT2D eigenvalue weighted by molar-refractivity contribution is -0.154. The van der Waals surface area contributed by atoms with Crippen molar-refractivity contribution in [1.29, 1.82) is 0 Å². The molecule has 0 amide bonds. The molecule has 0 aromatic carbocycles. The number of hydrogen-bond donors (Lipinski definition) is 0. The van der Waals surface area contributed by atoms with Crippen LogP contribution in [0.1, 0.15) is 109 Å². The van der Waals surface area contributed by atoms with Gasteiger partial charge < -0.3 is 14.2 Å². The molecule has 15 aliphatic rings. The third-order valence-corrected chi connectivity index (χ3v) is 14.2. The smallest absolute Gasteiger partial charge is 0.0609 e. The Morgan fingerprint density at radius 1 is 0.351 bits per heavy atom. The van der Waals surface area contributed by atoms with Crippen LogP contribution in [0.2, 0.25) is 0 Å². The van der Waals surface area contributed by atoms with E-state index in [0.717, 1.165) is 48.0 Å². The summed E-state index contributed by atoms with van der Waals surface area (Å²) in [4.78, 5) is 0. The first-order valence-electron chi connectivity index (χ1n) is 17.1. The molecule has 4 atom stereocenters. The Morgan fingerprint density at radius 3 is 1.16 bits per heavy atom. The van der Waals surface area contributed by atoms with Crippen LogP contribution in [0.3, 0.4) is 0 Å². The molecule has 0 radical (unpaired) electrons. The first-order valence-corrected chi connectivity index (χ1v) is 17.1. The Kier molecular flexibility index (Phi) is 5.86. The minimum Gasteiger partial charge on any atom is -0.378 e. The van der Waals surface area contributed by atoms with E-state index >= 15 is 0 Å². The number of hydrogen-bond acceptors (Lipinski definition) is 3. The molecule has 0 spiro atoms. The zero-order chi connectivity index (χ0) is 24.1. The summed E-state index contributed by atoms with van der Waals surface area (Å²) < 4.78 is 17.2. The monoisotopic (exact) mass is 508 g/mol. The first-order chi connectivity index (χ1) is 18.2. The van der Waals surface area contributed by atoms with E-state index in [-0.39, 0.29) is 0 Å². The summed E-state index contributed by atoms with van der Waals surface area (Å²) in [6.07, 6.45) is 28.5. The molecule has 16 bridgehead atoms. The Morgan fingerprint density at radius 2 is 0.811 bits per heavy atom. The molecule has 206 valence electrons. The summed E-state index contributed by atoms with van der Waals surface area (Å²) in [5.41, 5.74) is 0. The van der Waals surface area contributed by atoms with Crippen molar-refractivity contribution in [1.82, 2.24) is 0 Å². The number of ether oxygens (including phenoxy) is 3. The summed E-state index contributed by atoms with van der Waals surface area (Å²) in [6, 6.07) is 0. The minimum atomic E-state index is 0.677.